The largest absolute Gasteiger partial charge is 0.338 e. The van der Waals surface area contributed by atoms with E-state index < -0.39 is 29.6 Å². The van der Waals surface area contributed by atoms with E-state index in [1.807, 2.05) is 0 Å². The summed E-state index contributed by atoms with van der Waals surface area (Å²) in [7, 11) is 0. The number of carbonyl (C=O) groups is 3. The average molecular weight is 276 g/mol. The zero-order valence-electron chi connectivity index (χ0n) is 10.1. The van der Waals surface area contributed by atoms with Gasteiger partial charge in [0.1, 0.15) is 17.3 Å². The highest BCUT2D eigenvalue weighted by atomic mass is 19.1. The second kappa shape index (κ2) is 4.41. The third kappa shape index (κ3) is 1.91. The number of nitrogens with one attached hydrogen (secondary N) is 3. The van der Waals surface area contributed by atoms with Gasteiger partial charge in [-0.2, -0.15) is 5.10 Å². The molecule has 1 aromatic heterocycles. The number of H-pyrrole nitrogens is 1. The fourth-order valence-corrected chi connectivity index (χ4v) is 2.08. The van der Waals surface area contributed by atoms with E-state index in [9.17, 15) is 18.8 Å². The Labute approximate surface area is 111 Å². The van der Waals surface area contributed by atoms with Crippen molar-refractivity contribution in [2.24, 2.45) is 0 Å². The van der Waals surface area contributed by atoms with Crippen LogP contribution >= 0.6 is 0 Å². The Balaban J connectivity index is 1.88. The maximum Gasteiger partial charge on any atom is 0.270 e. The lowest BCUT2D eigenvalue weighted by Crippen LogP contribution is -2.40. The molecular weight excluding hydrogens is 267 g/mol. The zero-order valence-corrected chi connectivity index (χ0v) is 10.1. The Hall–Kier alpha value is -2.77. The number of hydrogen-bond donors (Lipinski definition) is 3. The lowest BCUT2D eigenvalue weighted by atomic mass is 10.2. The monoisotopic (exact) mass is 276 g/mol. The van der Waals surface area contributed by atoms with Gasteiger partial charge < -0.3 is 5.32 Å². The summed E-state index contributed by atoms with van der Waals surface area (Å²) < 4.78 is 13.5. The standard InChI is InChI=1S/C12H9FN4O3/c13-6-3-1-2-5-9(6)16-17-10(5)12(20)14-7-4-8(18)15-11(7)19/h1-3,7H,4H2,(H,14,20)(H,16,17)(H,15,18,19). The lowest BCUT2D eigenvalue weighted by Gasteiger charge is -2.07. The van der Waals surface area contributed by atoms with E-state index in [-0.39, 0.29) is 17.6 Å². The molecule has 1 aromatic carbocycles. The molecule has 1 atom stereocenters. The number of aromatic amines is 1. The van der Waals surface area contributed by atoms with E-state index in [0.717, 1.165) is 0 Å². The molecule has 1 fully saturated rings. The van der Waals surface area contributed by atoms with E-state index in [2.05, 4.69) is 20.8 Å². The first-order valence-corrected chi connectivity index (χ1v) is 5.83. The first-order chi connectivity index (χ1) is 9.56. The summed E-state index contributed by atoms with van der Waals surface area (Å²) in [6.45, 7) is 0. The van der Waals surface area contributed by atoms with Gasteiger partial charge in [-0.15, -0.1) is 0 Å². The van der Waals surface area contributed by atoms with Crippen molar-refractivity contribution in [1.29, 1.82) is 0 Å². The van der Waals surface area contributed by atoms with Crippen LogP contribution in [0.4, 0.5) is 4.39 Å². The van der Waals surface area contributed by atoms with E-state index in [1.165, 1.54) is 18.2 Å². The van der Waals surface area contributed by atoms with Crippen LogP contribution < -0.4 is 10.6 Å². The molecule has 3 rings (SSSR count). The van der Waals surface area contributed by atoms with Gasteiger partial charge in [0, 0.05) is 5.39 Å². The van der Waals surface area contributed by atoms with Gasteiger partial charge in [-0.05, 0) is 6.07 Å². The second-order valence-electron chi connectivity index (χ2n) is 4.38. The van der Waals surface area contributed by atoms with Gasteiger partial charge in [0.05, 0.1) is 6.42 Å². The number of hydrogen-bond acceptors (Lipinski definition) is 4. The molecule has 7 nitrogen and oxygen atoms in total. The Morgan fingerprint density at radius 1 is 1.40 bits per heavy atom. The summed E-state index contributed by atoms with van der Waals surface area (Å²) in [6.07, 6.45) is -0.106. The van der Waals surface area contributed by atoms with Gasteiger partial charge in [0.2, 0.25) is 11.8 Å². The normalized spacial score (nSPS) is 18.4. The summed E-state index contributed by atoms with van der Waals surface area (Å²) in [5, 5.41) is 11.0. The SMILES string of the molecule is O=C1CC(NC(=O)c2[nH]nc3c(F)cccc23)C(=O)N1. The summed E-state index contributed by atoms with van der Waals surface area (Å²) >= 11 is 0. The maximum atomic E-state index is 13.5. The molecule has 1 saturated heterocycles. The number of fused-ring (bicyclic) bond motifs is 1. The predicted molar refractivity (Wildman–Crippen MR) is 65.1 cm³/mol. The van der Waals surface area contributed by atoms with E-state index in [1.54, 1.807) is 0 Å². The first-order valence-electron chi connectivity index (χ1n) is 5.83. The molecule has 0 spiro atoms. The van der Waals surface area contributed by atoms with Crippen LogP contribution in [0.1, 0.15) is 16.9 Å². The molecule has 1 aliphatic heterocycles. The quantitative estimate of drug-likeness (QED) is 0.663. The third-order valence-electron chi connectivity index (χ3n) is 3.04. The topological polar surface area (TPSA) is 104 Å². The summed E-state index contributed by atoms with van der Waals surface area (Å²) in [5.74, 6) is -2.17. The summed E-state index contributed by atoms with van der Waals surface area (Å²) in [4.78, 5) is 34.5. The van der Waals surface area contributed by atoms with Gasteiger partial charge in [-0.3, -0.25) is 24.8 Å². The number of amides is 3. The first kappa shape index (κ1) is 12.3. The van der Waals surface area contributed by atoms with Crippen LogP contribution in [0.3, 0.4) is 0 Å². The molecule has 0 saturated carbocycles. The van der Waals surface area contributed by atoms with Crippen molar-refractivity contribution < 1.29 is 18.8 Å². The fourth-order valence-electron chi connectivity index (χ4n) is 2.08. The second-order valence-corrected chi connectivity index (χ2v) is 4.38. The molecule has 1 aliphatic rings. The van der Waals surface area contributed by atoms with Gasteiger partial charge in [0.25, 0.3) is 5.91 Å². The van der Waals surface area contributed by atoms with Gasteiger partial charge in [0.15, 0.2) is 5.82 Å². The van der Waals surface area contributed by atoms with E-state index in [4.69, 9.17) is 0 Å². The van der Waals surface area contributed by atoms with E-state index in [0.29, 0.717) is 5.39 Å². The Bertz CT molecular complexity index is 739. The number of rotatable bonds is 2. The number of nitrogens with zero attached hydrogens (tertiary/aromatic N) is 1. The minimum absolute atomic E-state index is 0.0459. The maximum absolute atomic E-state index is 13.5. The number of imide groups is 1. The van der Waals surface area contributed by atoms with Crippen molar-refractivity contribution >= 4 is 28.6 Å². The molecule has 0 aliphatic carbocycles. The van der Waals surface area contributed by atoms with Crippen LogP contribution in [0.2, 0.25) is 0 Å². The predicted octanol–water partition coefficient (Wildman–Crippen LogP) is -0.153. The van der Waals surface area contributed by atoms with Crippen LogP contribution in [-0.4, -0.2) is 34.0 Å². The van der Waals surface area contributed by atoms with Crippen molar-refractivity contribution in [2.45, 2.75) is 12.5 Å². The third-order valence-corrected chi connectivity index (χ3v) is 3.04. The fraction of sp³-hybridized carbons (Fsp3) is 0.167. The number of aromatic nitrogens is 2. The van der Waals surface area contributed by atoms with Gasteiger partial charge in [-0.1, -0.05) is 12.1 Å². The molecule has 8 heteroatoms. The Kier molecular flexibility index (Phi) is 2.70. The van der Waals surface area contributed by atoms with Crippen LogP contribution in [0.15, 0.2) is 18.2 Å². The average Bonchev–Trinajstić information content (AvgIpc) is 2.94. The highest BCUT2D eigenvalue weighted by molar-refractivity contribution is 6.10. The number of para-hydroxylation sites is 1. The molecule has 102 valence electrons. The molecule has 2 aromatic rings. The number of carbonyl (C=O) groups excluding carboxylic acids is 3. The van der Waals surface area contributed by atoms with Crippen LogP contribution in [0.5, 0.6) is 0 Å². The van der Waals surface area contributed by atoms with Crippen molar-refractivity contribution in [3.05, 3.63) is 29.7 Å². The van der Waals surface area contributed by atoms with Gasteiger partial charge >= 0.3 is 0 Å². The number of halogens is 1. The minimum Gasteiger partial charge on any atom is -0.338 e. The molecular formula is C12H9FN4O3. The molecule has 3 amide bonds. The lowest BCUT2D eigenvalue weighted by molar-refractivity contribution is -0.125. The van der Waals surface area contributed by atoms with Gasteiger partial charge in [-0.25, -0.2) is 4.39 Å². The highest BCUT2D eigenvalue weighted by Crippen LogP contribution is 2.18. The van der Waals surface area contributed by atoms with E-state index >= 15 is 0 Å². The smallest absolute Gasteiger partial charge is 0.270 e. The highest BCUT2D eigenvalue weighted by Gasteiger charge is 2.32. The molecule has 20 heavy (non-hydrogen) atoms. The molecule has 0 bridgehead atoms. The zero-order chi connectivity index (χ0) is 14.3. The Morgan fingerprint density at radius 3 is 2.90 bits per heavy atom. The molecule has 0 radical (unpaired) electrons. The van der Waals surface area contributed by atoms with Crippen LogP contribution in [0, 0.1) is 5.82 Å². The summed E-state index contributed by atoms with van der Waals surface area (Å²) in [5.41, 5.74) is 0.0937. The Morgan fingerprint density at radius 2 is 2.20 bits per heavy atom. The van der Waals surface area contributed by atoms with Crippen molar-refractivity contribution in [3.8, 4) is 0 Å². The minimum atomic E-state index is -0.915. The molecule has 2 heterocycles. The summed E-state index contributed by atoms with van der Waals surface area (Å²) in [6, 6.07) is 3.31. The molecule has 1 unspecified atom stereocenters. The van der Waals surface area contributed by atoms with Crippen molar-refractivity contribution in [2.75, 3.05) is 0 Å². The van der Waals surface area contributed by atoms with Crippen molar-refractivity contribution in [1.82, 2.24) is 20.8 Å². The van der Waals surface area contributed by atoms with Crippen molar-refractivity contribution in [3.63, 3.8) is 0 Å². The van der Waals surface area contributed by atoms with Crippen LogP contribution in [-0.2, 0) is 9.59 Å². The molecule has 3 N–H and O–H groups in total. The number of benzene rings is 1. The van der Waals surface area contributed by atoms with Crippen LogP contribution in [0.25, 0.3) is 10.9 Å².